The number of rotatable bonds is 3. The van der Waals surface area contributed by atoms with E-state index in [9.17, 15) is 5.11 Å². The Labute approximate surface area is 159 Å². The molecule has 4 saturated carbocycles. The van der Waals surface area contributed by atoms with Gasteiger partial charge in [0.05, 0.1) is 12.2 Å². The molecular formula is C23H39FO2. The molecule has 0 saturated heterocycles. The topological polar surface area (TPSA) is 29.5 Å². The SMILES string of the molecule is COC[C@@]1(O)CC[C@]2(F)C3CC[C@]4(C)[C@@H](C(C)C)CC[C@H]4[C@@H]3CC[C@@H]2C1. The molecule has 0 aromatic heterocycles. The summed E-state index contributed by atoms with van der Waals surface area (Å²) in [6.07, 6.45) is 8.77. The van der Waals surface area contributed by atoms with Gasteiger partial charge in [0.15, 0.2) is 0 Å². The van der Waals surface area contributed by atoms with Crippen LogP contribution in [0.2, 0.25) is 0 Å². The first-order chi connectivity index (χ1) is 12.2. The smallest absolute Gasteiger partial charge is 0.117 e. The number of ether oxygens (including phenoxy) is 1. The summed E-state index contributed by atoms with van der Waals surface area (Å²) in [5.41, 5.74) is -1.41. The highest BCUT2D eigenvalue weighted by Crippen LogP contribution is 2.67. The summed E-state index contributed by atoms with van der Waals surface area (Å²) >= 11 is 0. The van der Waals surface area contributed by atoms with Crippen molar-refractivity contribution in [3.63, 3.8) is 0 Å². The molecule has 0 aliphatic heterocycles. The molecule has 1 unspecified atom stereocenters. The highest BCUT2D eigenvalue weighted by molar-refractivity contribution is 5.12. The van der Waals surface area contributed by atoms with E-state index in [1.165, 1.54) is 25.7 Å². The zero-order valence-corrected chi connectivity index (χ0v) is 17.3. The van der Waals surface area contributed by atoms with Crippen molar-refractivity contribution in [2.24, 2.45) is 40.9 Å². The van der Waals surface area contributed by atoms with Crippen LogP contribution in [0.15, 0.2) is 0 Å². The Morgan fingerprint density at radius 1 is 1.04 bits per heavy atom. The minimum absolute atomic E-state index is 0.0318. The van der Waals surface area contributed by atoms with Crippen LogP contribution < -0.4 is 0 Å². The van der Waals surface area contributed by atoms with Gasteiger partial charge in [0.1, 0.15) is 5.67 Å². The summed E-state index contributed by atoms with van der Waals surface area (Å²) in [7, 11) is 1.64. The number of aliphatic hydroxyl groups is 1. The molecule has 0 aromatic rings. The number of fused-ring (bicyclic) bond motifs is 5. The highest BCUT2D eigenvalue weighted by Gasteiger charge is 2.63. The van der Waals surface area contributed by atoms with Crippen LogP contribution in [0, 0.1) is 40.9 Å². The van der Waals surface area contributed by atoms with E-state index in [4.69, 9.17) is 4.74 Å². The quantitative estimate of drug-likeness (QED) is 0.726. The fourth-order valence-corrected chi connectivity index (χ4v) is 8.40. The Bertz CT molecular complexity index is 536. The Kier molecular flexibility index (Phi) is 4.75. The lowest BCUT2D eigenvalue weighted by molar-refractivity contribution is -0.178. The molecular weight excluding hydrogens is 327 g/mol. The average molecular weight is 367 g/mol. The predicted molar refractivity (Wildman–Crippen MR) is 103 cm³/mol. The summed E-state index contributed by atoms with van der Waals surface area (Å²) in [6, 6.07) is 0. The third kappa shape index (κ3) is 2.70. The minimum Gasteiger partial charge on any atom is -0.387 e. The molecule has 4 aliphatic rings. The van der Waals surface area contributed by atoms with Crippen LogP contribution in [0.1, 0.15) is 78.6 Å². The summed E-state index contributed by atoms with van der Waals surface area (Å²) in [6.45, 7) is 7.65. The fraction of sp³-hybridized carbons (Fsp3) is 1.00. The van der Waals surface area contributed by atoms with Crippen LogP contribution in [0.4, 0.5) is 4.39 Å². The van der Waals surface area contributed by atoms with Gasteiger partial charge in [-0.25, -0.2) is 4.39 Å². The van der Waals surface area contributed by atoms with Gasteiger partial charge in [-0.05, 0) is 98.7 Å². The van der Waals surface area contributed by atoms with Crippen LogP contribution in [0.25, 0.3) is 0 Å². The van der Waals surface area contributed by atoms with Gasteiger partial charge >= 0.3 is 0 Å². The molecule has 0 heterocycles. The maximum Gasteiger partial charge on any atom is 0.117 e. The van der Waals surface area contributed by atoms with Gasteiger partial charge < -0.3 is 9.84 Å². The Balaban J connectivity index is 1.56. The number of alkyl halides is 1. The maximum absolute atomic E-state index is 16.4. The third-order valence-electron chi connectivity index (χ3n) is 9.47. The van der Waals surface area contributed by atoms with E-state index >= 15 is 4.39 Å². The predicted octanol–water partition coefficient (Wildman–Crippen LogP) is 5.38. The van der Waals surface area contributed by atoms with Crippen molar-refractivity contribution in [3.8, 4) is 0 Å². The monoisotopic (exact) mass is 366 g/mol. The van der Waals surface area contributed by atoms with Crippen LogP contribution in [0.3, 0.4) is 0 Å². The second-order valence-corrected chi connectivity index (χ2v) is 10.9. The molecule has 0 radical (unpaired) electrons. The van der Waals surface area contributed by atoms with Gasteiger partial charge in [0, 0.05) is 7.11 Å². The molecule has 8 atom stereocenters. The van der Waals surface area contributed by atoms with Gasteiger partial charge in [-0.2, -0.15) is 0 Å². The van der Waals surface area contributed by atoms with Crippen molar-refractivity contribution in [1.29, 1.82) is 0 Å². The van der Waals surface area contributed by atoms with Crippen molar-refractivity contribution >= 4 is 0 Å². The molecule has 3 heteroatoms. The second-order valence-electron chi connectivity index (χ2n) is 10.9. The van der Waals surface area contributed by atoms with E-state index in [1.807, 2.05) is 0 Å². The minimum atomic E-state index is -1.04. The molecule has 0 aromatic carbocycles. The Morgan fingerprint density at radius 2 is 1.81 bits per heavy atom. The van der Waals surface area contributed by atoms with Crippen LogP contribution in [-0.4, -0.2) is 30.1 Å². The molecule has 4 fully saturated rings. The molecule has 0 spiro atoms. The van der Waals surface area contributed by atoms with E-state index in [1.54, 1.807) is 7.11 Å². The average Bonchev–Trinajstić information content (AvgIpc) is 2.93. The Hall–Kier alpha value is -0.150. The summed E-state index contributed by atoms with van der Waals surface area (Å²) in [5.74, 6) is 3.13. The van der Waals surface area contributed by atoms with Crippen molar-refractivity contribution in [2.45, 2.75) is 89.8 Å². The number of halogens is 1. The highest BCUT2D eigenvalue weighted by atomic mass is 19.1. The molecule has 0 bridgehead atoms. The molecule has 2 nitrogen and oxygen atoms in total. The van der Waals surface area contributed by atoms with Crippen LogP contribution >= 0.6 is 0 Å². The molecule has 0 amide bonds. The normalized spacial score (nSPS) is 53.9. The van der Waals surface area contributed by atoms with Gasteiger partial charge in [0.2, 0.25) is 0 Å². The lowest BCUT2D eigenvalue weighted by Crippen LogP contribution is -2.59. The summed E-state index contributed by atoms with van der Waals surface area (Å²) < 4.78 is 21.7. The molecule has 4 aliphatic carbocycles. The van der Waals surface area contributed by atoms with Gasteiger partial charge in [-0.1, -0.05) is 20.8 Å². The van der Waals surface area contributed by atoms with Crippen LogP contribution in [-0.2, 0) is 4.74 Å². The number of hydrogen-bond acceptors (Lipinski definition) is 2. The van der Waals surface area contributed by atoms with Crippen molar-refractivity contribution in [3.05, 3.63) is 0 Å². The summed E-state index contributed by atoms with van der Waals surface area (Å²) in [4.78, 5) is 0. The van der Waals surface area contributed by atoms with E-state index in [0.29, 0.717) is 37.2 Å². The second kappa shape index (κ2) is 6.44. The van der Waals surface area contributed by atoms with Crippen LogP contribution in [0.5, 0.6) is 0 Å². The lowest BCUT2D eigenvalue weighted by Gasteiger charge is -2.59. The zero-order chi connectivity index (χ0) is 18.7. The first-order valence-corrected chi connectivity index (χ1v) is 11.1. The molecule has 26 heavy (non-hydrogen) atoms. The van der Waals surface area contributed by atoms with E-state index in [2.05, 4.69) is 20.8 Å². The maximum atomic E-state index is 16.4. The van der Waals surface area contributed by atoms with Crippen molar-refractivity contribution in [1.82, 2.24) is 0 Å². The zero-order valence-electron chi connectivity index (χ0n) is 17.3. The van der Waals surface area contributed by atoms with Crippen molar-refractivity contribution in [2.75, 3.05) is 13.7 Å². The Morgan fingerprint density at radius 3 is 2.50 bits per heavy atom. The standard InChI is InChI=1S/C23H39FO2/c1-15(2)18-7-8-19-17-6-5-16-13-22(25,14-26-4)11-12-23(16,24)20(17)9-10-21(18,19)3/h15-20,25H,5-14H2,1-4H3/t16-,17+,18-,19+,20?,21-,22-,23-/m1/s1. The molecule has 150 valence electrons. The van der Waals surface area contributed by atoms with Gasteiger partial charge in [-0.15, -0.1) is 0 Å². The van der Waals surface area contributed by atoms with Crippen molar-refractivity contribution < 1.29 is 14.2 Å². The van der Waals surface area contributed by atoms with E-state index in [-0.39, 0.29) is 11.8 Å². The molecule has 1 N–H and O–H groups in total. The largest absolute Gasteiger partial charge is 0.387 e. The lowest BCUT2D eigenvalue weighted by atomic mass is 9.47. The third-order valence-corrected chi connectivity index (χ3v) is 9.47. The number of methoxy groups -OCH3 is 1. The van der Waals surface area contributed by atoms with Gasteiger partial charge in [0.25, 0.3) is 0 Å². The summed E-state index contributed by atoms with van der Waals surface area (Å²) in [5, 5.41) is 10.8. The van der Waals surface area contributed by atoms with E-state index < -0.39 is 11.3 Å². The van der Waals surface area contributed by atoms with E-state index in [0.717, 1.165) is 30.6 Å². The van der Waals surface area contributed by atoms with Gasteiger partial charge in [-0.3, -0.25) is 0 Å². The first-order valence-electron chi connectivity index (χ1n) is 11.1. The fourth-order valence-electron chi connectivity index (χ4n) is 8.40. The number of hydrogen-bond donors (Lipinski definition) is 1. The molecule has 4 rings (SSSR count). The first kappa shape index (κ1) is 19.2.